The Balaban J connectivity index is 3.14. The molecule has 0 fully saturated rings. The van der Waals surface area contributed by atoms with Gasteiger partial charge in [-0.1, -0.05) is 26.7 Å². The summed E-state index contributed by atoms with van der Waals surface area (Å²) in [6.07, 6.45) is 3.84. The standard InChI is InChI=1S/C30H59ClO12/c1-3-5-6-29(4-2)30(32)43-28-27-42-26-25-41-24-23-40-22-21-39-20-19-38-18-17-37-16-15-36-14-13-35-12-11-34-10-9-33-8-7-31/h29H,3-28H2,1-2H3. The third kappa shape index (κ3) is 34.1. The van der Waals surface area contributed by atoms with E-state index in [1.54, 1.807) is 0 Å². The van der Waals surface area contributed by atoms with Crippen molar-refractivity contribution in [1.29, 1.82) is 0 Å². The molecule has 0 bridgehead atoms. The Morgan fingerprint density at radius 3 is 1.00 bits per heavy atom. The van der Waals surface area contributed by atoms with E-state index in [0.717, 1.165) is 25.7 Å². The molecule has 1 atom stereocenters. The first kappa shape index (κ1) is 42.4. The topological polar surface area (TPSA) is 119 Å². The molecule has 0 N–H and O–H groups in total. The predicted molar refractivity (Wildman–Crippen MR) is 163 cm³/mol. The van der Waals surface area contributed by atoms with Crippen LogP contribution in [0.4, 0.5) is 0 Å². The Morgan fingerprint density at radius 2 is 0.744 bits per heavy atom. The van der Waals surface area contributed by atoms with Crippen molar-refractivity contribution in [2.45, 2.75) is 39.5 Å². The van der Waals surface area contributed by atoms with Crippen molar-refractivity contribution >= 4 is 17.6 Å². The van der Waals surface area contributed by atoms with Crippen LogP contribution in [0.1, 0.15) is 39.5 Å². The van der Waals surface area contributed by atoms with Gasteiger partial charge in [0.25, 0.3) is 0 Å². The van der Waals surface area contributed by atoms with Crippen molar-refractivity contribution in [2.75, 3.05) is 145 Å². The maximum absolute atomic E-state index is 12.0. The molecule has 0 aromatic rings. The molecule has 0 saturated heterocycles. The average Bonchev–Trinajstić information content (AvgIpc) is 3.02. The van der Waals surface area contributed by atoms with Gasteiger partial charge in [-0.15, -0.1) is 11.6 Å². The quantitative estimate of drug-likeness (QED) is 0.0560. The SMILES string of the molecule is CCCCC(CC)C(=O)OCCOCCOCCOCCOCCOCCOCCOCCOCCOCCOCCCl. The number of hydrogen-bond acceptors (Lipinski definition) is 12. The highest BCUT2D eigenvalue weighted by Crippen LogP contribution is 2.14. The van der Waals surface area contributed by atoms with Gasteiger partial charge in [-0.2, -0.15) is 0 Å². The lowest BCUT2D eigenvalue weighted by Crippen LogP contribution is -2.20. The number of ether oxygens (including phenoxy) is 11. The van der Waals surface area contributed by atoms with E-state index in [1.807, 2.05) is 6.92 Å². The van der Waals surface area contributed by atoms with E-state index in [9.17, 15) is 4.79 Å². The molecule has 0 aliphatic rings. The summed E-state index contributed by atoms with van der Waals surface area (Å²) in [5.74, 6) is 0.374. The van der Waals surface area contributed by atoms with Crippen LogP contribution in [0.3, 0.4) is 0 Å². The number of hydrogen-bond donors (Lipinski definition) is 0. The van der Waals surface area contributed by atoms with E-state index in [-0.39, 0.29) is 18.5 Å². The maximum atomic E-state index is 12.0. The second-order valence-electron chi connectivity index (χ2n) is 9.23. The summed E-state index contributed by atoms with van der Waals surface area (Å²) in [5.41, 5.74) is 0. The van der Waals surface area contributed by atoms with Crippen LogP contribution in [0.5, 0.6) is 0 Å². The summed E-state index contributed by atoms with van der Waals surface area (Å²) < 4.78 is 59.5. The molecule has 1 unspecified atom stereocenters. The molecule has 0 amide bonds. The molecule has 0 heterocycles. The fourth-order valence-electron chi connectivity index (χ4n) is 3.39. The lowest BCUT2D eigenvalue weighted by atomic mass is 10.00. The number of alkyl halides is 1. The zero-order valence-electron chi connectivity index (χ0n) is 26.7. The van der Waals surface area contributed by atoms with Gasteiger partial charge >= 0.3 is 5.97 Å². The summed E-state index contributed by atoms with van der Waals surface area (Å²) in [5, 5.41) is 0. The summed E-state index contributed by atoms with van der Waals surface area (Å²) in [4.78, 5) is 12.0. The van der Waals surface area contributed by atoms with Crippen molar-refractivity contribution in [3.05, 3.63) is 0 Å². The molecule has 0 aromatic carbocycles. The minimum atomic E-state index is -0.120. The van der Waals surface area contributed by atoms with Gasteiger partial charge in [0.05, 0.1) is 138 Å². The average molecular weight is 647 g/mol. The summed E-state index contributed by atoms with van der Waals surface area (Å²) in [6.45, 7) is 14.4. The summed E-state index contributed by atoms with van der Waals surface area (Å²) in [7, 11) is 0. The third-order valence-corrected chi connectivity index (χ3v) is 5.93. The number of rotatable bonds is 37. The van der Waals surface area contributed by atoms with E-state index < -0.39 is 0 Å². The van der Waals surface area contributed by atoms with Gasteiger partial charge in [0, 0.05) is 5.88 Å². The number of unbranched alkanes of at least 4 members (excludes halogenated alkanes) is 1. The molecule has 0 rings (SSSR count). The molecular formula is C30H59ClO12. The summed E-state index contributed by atoms with van der Waals surface area (Å²) >= 11 is 5.51. The molecule has 0 spiro atoms. The van der Waals surface area contributed by atoms with Crippen molar-refractivity contribution < 1.29 is 56.9 Å². The molecule has 0 aliphatic heterocycles. The second kappa shape index (κ2) is 37.5. The molecule has 0 aliphatic carbocycles. The van der Waals surface area contributed by atoms with Gasteiger partial charge in [0.15, 0.2) is 0 Å². The highest BCUT2D eigenvalue weighted by Gasteiger charge is 2.16. The number of esters is 1. The Bertz CT molecular complexity index is 547. The van der Waals surface area contributed by atoms with Crippen LogP contribution < -0.4 is 0 Å². The summed E-state index contributed by atoms with van der Waals surface area (Å²) in [6, 6.07) is 0. The molecule has 0 saturated carbocycles. The Kier molecular flexibility index (Phi) is 37.0. The largest absolute Gasteiger partial charge is 0.463 e. The number of carbonyl (C=O) groups excluding carboxylic acids is 1. The van der Waals surface area contributed by atoms with Crippen molar-refractivity contribution in [3.8, 4) is 0 Å². The van der Waals surface area contributed by atoms with Gasteiger partial charge in [0.1, 0.15) is 6.61 Å². The van der Waals surface area contributed by atoms with Gasteiger partial charge in [-0.05, 0) is 12.8 Å². The van der Waals surface area contributed by atoms with Crippen molar-refractivity contribution in [3.63, 3.8) is 0 Å². The molecule has 13 heteroatoms. The van der Waals surface area contributed by atoms with Crippen LogP contribution in [0, 0.1) is 5.92 Å². The first-order chi connectivity index (χ1) is 21.3. The molecular weight excluding hydrogens is 588 g/mol. The number of halogens is 1. The zero-order valence-corrected chi connectivity index (χ0v) is 27.5. The van der Waals surface area contributed by atoms with E-state index >= 15 is 0 Å². The fourth-order valence-corrected chi connectivity index (χ4v) is 3.50. The van der Waals surface area contributed by atoms with E-state index in [4.69, 9.17) is 63.7 Å². The van der Waals surface area contributed by atoms with E-state index in [0.29, 0.717) is 138 Å². The van der Waals surface area contributed by atoms with E-state index in [2.05, 4.69) is 6.92 Å². The van der Waals surface area contributed by atoms with Crippen molar-refractivity contribution in [1.82, 2.24) is 0 Å². The van der Waals surface area contributed by atoms with Gasteiger partial charge < -0.3 is 52.1 Å². The van der Waals surface area contributed by atoms with Gasteiger partial charge in [-0.25, -0.2) is 0 Å². The van der Waals surface area contributed by atoms with Crippen LogP contribution >= 0.6 is 11.6 Å². The molecule has 12 nitrogen and oxygen atoms in total. The molecule has 43 heavy (non-hydrogen) atoms. The van der Waals surface area contributed by atoms with Gasteiger partial charge in [-0.3, -0.25) is 4.79 Å². The highest BCUT2D eigenvalue weighted by molar-refractivity contribution is 6.17. The number of carbonyl (C=O) groups is 1. The normalized spacial score (nSPS) is 12.2. The minimum Gasteiger partial charge on any atom is -0.463 e. The first-order valence-electron chi connectivity index (χ1n) is 15.8. The maximum Gasteiger partial charge on any atom is 0.308 e. The van der Waals surface area contributed by atoms with Crippen LogP contribution in [0.15, 0.2) is 0 Å². The second-order valence-corrected chi connectivity index (χ2v) is 9.61. The van der Waals surface area contributed by atoms with Crippen LogP contribution in [0.2, 0.25) is 0 Å². The van der Waals surface area contributed by atoms with Gasteiger partial charge in [0.2, 0.25) is 0 Å². The lowest BCUT2D eigenvalue weighted by Gasteiger charge is -2.13. The Morgan fingerprint density at radius 1 is 0.465 bits per heavy atom. The smallest absolute Gasteiger partial charge is 0.308 e. The zero-order chi connectivity index (χ0) is 31.3. The van der Waals surface area contributed by atoms with Crippen LogP contribution in [-0.2, 0) is 56.9 Å². The van der Waals surface area contributed by atoms with Crippen LogP contribution in [0.25, 0.3) is 0 Å². The predicted octanol–water partition coefficient (Wildman–Crippen LogP) is 3.15. The molecule has 0 aromatic heterocycles. The van der Waals surface area contributed by atoms with Crippen molar-refractivity contribution in [2.24, 2.45) is 5.92 Å². The van der Waals surface area contributed by atoms with E-state index in [1.165, 1.54) is 0 Å². The molecule has 0 radical (unpaired) electrons. The monoisotopic (exact) mass is 646 g/mol. The molecule has 258 valence electrons. The third-order valence-electron chi connectivity index (χ3n) is 5.77. The lowest BCUT2D eigenvalue weighted by molar-refractivity contribution is -0.150. The minimum absolute atomic E-state index is 0.00214. The Labute approximate surface area is 264 Å². The highest BCUT2D eigenvalue weighted by atomic mass is 35.5. The Hall–Kier alpha value is -0.640. The first-order valence-corrected chi connectivity index (χ1v) is 16.3. The fraction of sp³-hybridized carbons (Fsp3) is 0.967. The van der Waals surface area contributed by atoms with Crippen LogP contribution in [-0.4, -0.2) is 151 Å².